The second-order valence-electron chi connectivity index (χ2n) is 2.09. The molecule has 0 aliphatic rings. The molecule has 2 N–H and O–H groups in total. The average molecular weight is 124 g/mol. The molecule has 0 aromatic carbocycles. The van der Waals surface area contributed by atoms with Crippen LogP contribution in [0.4, 0.5) is 5.82 Å². The third-order valence-electron chi connectivity index (χ3n) is 1.20. The Morgan fingerprint density at radius 1 is 1.56 bits per heavy atom. The average Bonchev–Trinajstić information content (AvgIpc) is 2.17. The van der Waals surface area contributed by atoms with E-state index in [0.717, 1.165) is 12.4 Å². The second-order valence-corrected chi connectivity index (χ2v) is 2.09. The van der Waals surface area contributed by atoms with Gasteiger partial charge in [-0.3, -0.25) is 0 Å². The molecule has 2 nitrogen and oxygen atoms in total. The molecule has 0 amide bonds. The zero-order valence-corrected chi connectivity index (χ0v) is 5.86. The summed E-state index contributed by atoms with van der Waals surface area (Å²) in [5.41, 5.74) is 1.20. The van der Waals surface area contributed by atoms with Gasteiger partial charge < -0.3 is 10.3 Å². The third-order valence-corrected chi connectivity index (χ3v) is 1.20. The van der Waals surface area contributed by atoms with Crippen LogP contribution >= 0.6 is 0 Å². The number of hydrogen-bond donors (Lipinski definition) is 2. The minimum Gasteiger partial charge on any atom is -0.372 e. The molecule has 0 spiro atoms. The van der Waals surface area contributed by atoms with Crippen LogP contribution in [0.15, 0.2) is 12.1 Å². The summed E-state index contributed by atoms with van der Waals surface area (Å²) < 4.78 is 0. The lowest BCUT2D eigenvalue weighted by molar-refractivity contribution is 1.16. The molecule has 0 saturated heterocycles. The van der Waals surface area contributed by atoms with Crippen molar-refractivity contribution in [2.24, 2.45) is 0 Å². The first kappa shape index (κ1) is 6.20. The summed E-state index contributed by atoms with van der Waals surface area (Å²) >= 11 is 0. The molecule has 1 aromatic rings. The number of H-pyrrole nitrogens is 1. The van der Waals surface area contributed by atoms with Crippen molar-refractivity contribution < 1.29 is 0 Å². The van der Waals surface area contributed by atoms with Gasteiger partial charge in [-0.1, -0.05) is 0 Å². The summed E-state index contributed by atoms with van der Waals surface area (Å²) in [6.45, 7) is 5.09. The SMILES string of the molecule is CCNc1ccc(C)[nH]1. The fourth-order valence-electron chi connectivity index (χ4n) is 0.798. The van der Waals surface area contributed by atoms with Gasteiger partial charge in [0.05, 0.1) is 0 Å². The molecule has 0 aliphatic heterocycles. The van der Waals surface area contributed by atoms with Crippen LogP contribution in [0.5, 0.6) is 0 Å². The first-order valence-electron chi connectivity index (χ1n) is 3.22. The maximum absolute atomic E-state index is 3.17. The van der Waals surface area contributed by atoms with Crippen LogP contribution in [0.25, 0.3) is 0 Å². The van der Waals surface area contributed by atoms with Crippen LogP contribution in [0.3, 0.4) is 0 Å². The van der Waals surface area contributed by atoms with Crippen LogP contribution in [0.2, 0.25) is 0 Å². The Hall–Kier alpha value is -0.920. The molecule has 0 bridgehead atoms. The maximum Gasteiger partial charge on any atom is 0.103 e. The van der Waals surface area contributed by atoms with Gasteiger partial charge >= 0.3 is 0 Å². The number of aryl methyl sites for hydroxylation is 1. The highest BCUT2D eigenvalue weighted by Gasteiger charge is 1.88. The molecule has 0 fully saturated rings. The van der Waals surface area contributed by atoms with E-state index in [0.29, 0.717) is 0 Å². The van der Waals surface area contributed by atoms with Gasteiger partial charge in [-0.15, -0.1) is 0 Å². The van der Waals surface area contributed by atoms with Crippen molar-refractivity contribution in [3.05, 3.63) is 17.8 Å². The van der Waals surface area contributed by atoms with Crippen LogP contribution in [0.1, 0.15) is 12.6 Å². The number of hydrogen-bond acceptors (Lipinski definition) is 1. The van der Waals surface area contributed by atoms with Crippen molar-refractivity contribution in [1.29, 1.82) is 0 Å². The fraction of sp³-hybridized carbons (Fsp3) is 0.429. The molecule has 9 heavy (non-hydrogen) atoms. The van der Waals surface area contributed by atoms with E-state index in [9.17, 15) is 0 Å². The highest BCUT2D eigenvalue weighted by molar-refractivity contribution is 5.36. The van der Waals surface area contributed by atoms with E-state index >= 15 is 0 Å². The molecule has 0 aliphatic carbocycles. The largest absolute Gasteiger partial charge is 0.372 e. The van der Waals surface area contributed by atoms with Crippen LogP contribution in [-0.2, 0) is 0 Å². The van der Waals surface area contributed by atoms with Gasteiger partial charge in [-0.2, -0.15) is 0 Å². The monoisotopic (exact) mass is 124 g/mol. The molecular formula is C7H12N2. The van der Waals surface area contributed by atoms with E-state index in [1.54, 1.807) is 0 Å². The van der Waals surface area contributed by atoms with Gasteiger partial charge in [0.25, 0.3) is 0 Å². The fourth-order valence-corrected chi connectivity index (χ4v) is 0.798. The molecule has 1 heterocycles. The van der Waals surface area contributed by atoms with E-state index in [1.807, 2.05) is 13.0 Å². The van der Waals surface area contributed by atoms with E-state index in [-0.39, 0.29) is 0 Å². The Morgan fingerprint density at radius 3 is 2.78 bits per heavy atom. The van der Waals surface area contributed by atoms with Gasteiger partial charge in [0.1, 0.15) is 5.82 Å². The van der Waals surface area contributed by atoms with Gasteiger partial charge in [0, 0.05) is 12.2 Å². The highest BCUT2D eigenvalue weighted by atomic mass is 15.0. The minimum atomic E-state index is 0.972. The second kappa shape index (κ2) is 2.58. The number of anilines is 1. The number of aromatic nitrogens is 1. The standard InChI is InChI=1S/C7H12N2/c1-3-8-7-5-4-6(2)9-7/h4-5,8-9H,3H2,1-2H3. The summed E-state index contributed by atoms with van der Waals surface area (Å²) in [7, 11) is 0. The molecular weight excluding hydrogens is 112 g/mol. The van der Waals surface area contributed by atoms with Gasteiger partial charge in [0.15, 0.2) is 0 Å². The van der Waals surface area contributed by atoms with Crippen molar-refractivity contribution in [2.75, 3.05) is 11.9 Å². The maximum atomic E-state index is 3.17. The summed E-state index contributed by atoms with van der Waals surface area (Å²) in [5.74, 6) is 1.11. The molecule has 50 valence electrons. The first-order valence-corrected chi connectivity index (χ1v) is 3.22. The van der Waals surface area contributed by atoms with E-state index in [2.05, 4.69) is 23.3 Å². The summed E-state index contributed by atoms with van der Waals surface area (Å²) in [4.78, 5) is 3.17. The Balaban J connectivity index is 2.61. The van der Waals surface area contributed by atoms with Crippen LogP contribution in [-0.4, -0.2) is 11.5 Å². The Kier molecular flexibility index (Phi) is 1.78. The predicted molar refractivity (Wildman–Crippen MR) is 39.7 cm³/mol. The van der Waals surface area contributed by atoms with Crippen molar-refractivity contribution >= 4 is 5.82 Å². The lowest BCUT2D eigenvalue weighted by Crippen LogP contribution is -1.95. The van der Waals surface area contributed by atoms with E-state index in [1.165, 1.54) is 5.69 Å². The lowest BCUT2D eigenvalue weighted by atomic mass is 10.5. The van der Waals surface area contributed by atoms with Crippen molar-refractivity contribution in [2.45, 2.75) is 13.8 Å². The minimum absolute atomic E-state index is 0.972. The van der Waals surface area contributed by atoms with Crippen molar-refractivity contribution in [1.82, 2.24) is 4.98 Å². The summed E-state index contributed by atoms with van der Waals surface area (Å²) in [6.07, 6.45) is 0. The molecule has 0 radical (unpaired) electrons. The Morgan fingerprint density at radius 2 is 2.33 bits per heavy atom. The normalized spacial score (nSPS) is 9.56. The summed E-state index contributed by atoms with van der Waals surface area (Å²) in [5, 5.41) is 3.17. The topological polar surface area (TPSA) is 27.8 Å². The molecule has 2 heteroatoms. The zero-order valence-electron chi connectivity index (χ0n) is 5.86. The van der Waals surface area contributed by atoms with Crippen molar-refractivity contribution in [3.63, 3.8) is 0 Å². The van der Waals surface area contributed by atoms with E-state index < -0.39 is 0 Å². The first-order chi connectivity index (χ1) is 4.33. The molecule has 0 atom stereocenters. The number of rotatable bonds is 2. The molecule has 1 aromatic heterocycles. The lowest BCUT2D eigenvalue weighted by Gasteiger charge is -1.95. The Labute approximate surface area is 55.3 Å². The summed E-state index contributed by atoms with van der Waals surface area (Å²) in [6, 6.07) is 4.09. The van der Waals surface area contributed by atoms with E-state index in [4.69, 9.17) is 0 Å². The van der Waals surface area contributed by atoms with Crippen LogP contribution in [0, 0.1) is 6.92 Å². The quantitative estimate of drug-likeness (QED) is 0.617. The smallest absolute Gasteiger partial charge is 0.103 e. The number of nitrogens with one attached hydrogen (secondary N) is 2. The molecule has 0 saturated carbocycles. The van der Waals surface area contributed by atoms with Gasteiger partial charge in [0.2, 0.25) is 0 Å². The third kappa shape index (κ3) is 1.49. The molecule has 1 rings (SSSR count). The number of aromatic amines is 1. The highest BCUT2D eigenvalue weighted by Crippen LogP contribution is 2.04. The van der Waals surface area contributed by atoms with Gasteiger partial charge in [-0.05, 0) is 26.0 Å². The molecule has 0 unspecified atom stereocenters. The van der Waals surface area contributed by atoms with Crippen molar-refractivity contribution in [3.8, 4) is 0 Å². The van der Waals surface area contributed by atoms with Gasteiger partial charge in [-0.25, -0.2) is 0 Å². The zero-order chi connectivity index (χ0) is 6.69. The predicted octanol–water partition coefficient (Wildman–Crippen LogP) is 1.75. The Bertz CT molecular complexity index is 179. The van der Waals surface area contributed by atoms with Crippen LogP contribution < -0.4 is 5.32 Å².